The van der Waals surface area contributed by atoms with Gasteiger partial charge in [-0.15, -0.1) is 11.6 Å². The molecular weight excluding hydrogens is 253 g/mol. The van der Waals surface area contributed by atoms with Crippen LogP contribution in [-0.2, 0) is 0 Å². The van der Waals surface area contributed by atoms with Gasteiger partial charge in [0.1, 0.15) is 0 Å². The second-order valence-corrected chi connectivity index (χ2v) is 4.55. The number of rotatable bonds is 3. The Bertz CT molecular complexity index is 273. The quantitative estimate of drug-likeness (QED) is 0.853. The molecule has 0 aliphatic carbocycles. The first-order chi connectivity index (χ1) is 6.03. The van der Waals surface area contributed by atoms with Crippen molar-refractivity contribution in [2.45, 2.75) is 19.4 Å². The van der Waals surface area contributed by atoms with Crippen LogP contribution in [0, 0.1) is 0 Å². The molecule has 1 rings (SSSR count). The molecule has 1 N–H and O–H groups in total. The fourth-order valence-electron chi connectivity index (χ4n) is 0.713. The average molecular weight is 265 g/mol. The number of nitrogens with one attached hydrogen (secondary N) is 1. The summed E-state index contributed by atoms with van der Waals surface area (Å²) in [4.78, 5) is 8.17. The van der Waals surface area contributed by atoms with Gasteiger partial charge in [0.15, 0.2) is 0 Å². The van der Waals surface area contributed by atoms with Crippen LogP contribution in [0.1, 0.15) is 13.8 Å². The third kappa shape index (κ3) is 3.48. The number of nitrogens with zero attached hydrogens (tertiary/aromatic N) is 2. The van der Waals surface area contributed by atoms with E-state index in [0.717, 1.165) is 4.47 Å². The summed E-state index contributed by atoms with van der Waals surface area (Å²) in [6.07, 6.45) is 3.39. The van der Waals surface area contributed by atoms with Gasteiger partial charge in [-0.05, 0) is 29.8 Å². The van der Waals surface area contributed by atoms with Crippen molar-refractivity contribution >= 4 is 33.5 Å². The first-order valence-electron chi connectivity index (χ1n) is 3.85. The molecule has 1 heterocycles. The van der Waals surface area contributed by atoms with Crippen LogP contribution in [-0.4, -0.2) is 21.4 Å². The molecule has 1 aromatic rings. The predicted octanol–water partition coefficient (Wildman–Crippen LogP) is 2.67. The Hall–Kier alpha value is -0.350. The van der Waals surface area contributed by atoms with Crippen LogP contribution in [0.4, 0.5) is 5.95 Å². The lowest BCUT2D eigenvalue weighted by molar-refractivity contribution is 0.633. The van der Waals surface area contributed by atoms with Crippen molar-refractivity contribution in [3.05, 3.63) is 16.9 Å². The van der Waals surface area contributed by atoms with E-state index in [2.05, 4.69) is 31.2 Å². The van der Waals surface area contributed by atoms with Crippen LogP contribution in [0.2, 0.25) is 0 Å². The summed E-state index contributed by atoms with van der Waals surface area (Å²) >= 11 is 9.01. The molecule has 0 radical (unpaired) electrons. The van der Waals surface area contributed by atoms with E-state index in [4.69, 9.17) is 11.6 Å². The highest BCUT2D eigenvalue weighted by Gasteiger charge is 2.16. The highest BCUT2D eigenvalue weighted by molar-refractivity contribution is 9.10. The minimum absolute atomic E-state index is 0.185. The molecule has 3 nitrogen and oxygen atoms in total. The molecule has 5 heteroatoms. The Morgan fingerprint density at radius 1 is 1.46 bits per heavy atom. The number of alkyl halides is 1. The van der Waals surface area contributed by atoms with E-state index >= 15 is 0 Å². The molecule has 0 aliphatic heterocycles. The third-order valence-corrected chi connectivity index (χ3v) is 2.48. The average Bonchev–Trinajstić information content (AvgIpc) is 2.09. The summed E-state index contributed by atoms with van der Waals surface area (Å²) in [6.45, 7) is 3.98. The first kappa shape index (κ1) is 10.7. The number of aromatic nitrogens is 2. The maximum Gasteiger partial charge on any atom is 0.223 e. The maximum atomic E-state index is 5.75. The summed E-state index contributed by atoms with van der Waals surface area (Å²) in [5, 5.41) is 3.12. The Morgan fingerprint density at radius 3 is 2.46 bits per heavy atom. The van der Waals surface area contributed by atoms with Crippen LogP contribution in [0.15, 0.2) is 16.9 Å². The summed E-state index contributed by atoms with van der Waals surface area (Å²) in [5.74, 6) is 1.10. The molecule has 0 unspecified atom stereocenters. The van der Waals surface area contributed by atoms with Crippen LogP contribution in [0.3, 0.4) is 0 Å². The summed E-state index contributed by atoms with van der Waals surface area (Å²) in [7, 11) is 0. The van der Waals surface area contributed by atoms with Crippen molar-refractivity contribution in [1.82, 2.24) is 9.97 Å². The van der Waals surface area contributed by atoms with Gasteiger partial charge in [0.2, 0.25) is 5.95 Å². The van der Waals surface area contributed by atoms with Crippen molar-refractivity contribution in [1.29, 1.82) is 0 Å². The molecule has 0 saturated carbocycles. The van der Waals surface area contributed by atoms with Gasteiger partial charge in [0, 0.05) is 23.8 Å². The lowest BCUT2D eigenvalue weighted by atomic mass is 10.1. The highest BCUT2D eigenvalue weighted by Crippen LogP contribution is 2.13. The lowest BCUT2D eigenvalue weighted by Gasteiger charge is -2.22. The van der Waals surface area contributed by atoms with Gasteiger partial charge >= 0.3 is 0 Å². The lowest BCUT2D eigenvalue weighted by Crippen LogP contribution is -2.33. The van der Waals surface area contributed by atoms with Crippen molar-refractivity contribution in [3.63, 3.8) is 0 Å². The minimum atomic E-state index is -0.185. The molecule has 0 spiro atoms. The van der Waals surface area contributed by atoms with Gasteiger partial charge in [-0.1, -0.05) is 0 Å². The zero-order valence-electron chi connectivity index (χ0n) is 7.51. The van der Waals surface area contributed by atoms with E-state index in [1.165, 1.54) is 0 Å². The fourth-order valence-corrected chi connectivity index (χ4v) is 0.984. The SMILES string of the molecule is CC(C)(CCl)Nc1ncc(Br)cn1. The number of hydrogen-bond donors (Lipinski definition) is 1. The van der Waals surface area contributed by atoms with Crippen LogP contribution in [0.25, 0.3) is 0 Å². The van der Waals surface area contributed by atoms with Crippen LogP contribution in [0.5, 0.6) is 0 Å². The Morgan fingerprint density at radius 2 is 2.00 bits per heavy atom. The van der Waals surface area contributed by atoms with Crippen molar-refractivity contribution < 1.29 is 0 Å². The van der Waals surface area contributed by atoms with Gasteiger partial charge in [-0.2, -0.15) is 0 Å². The topological polar surface area (TPSA) is 37.8 Å². The molecule has 0 bridgehead atoms. The summed E-state index contributed by atoms with van der Waals surface area (Å²) in [5.41, 5.74) is -0.185. The zero-order chi connectivity index (χ0) is 9.90. The number of hydrogen-bond acceptors (Lipinski definition) is 3. The monoisotopic (exact) mass is 263 g/mol. The van der Waals surface area contributed by atoms with Gasteiger partial charge in [0.25, 0.3) is 0 Å². The largest absolute Gasteiger partial charge is 0.348 e. The predicted molar refractivity (Wildman–Crippen MR) is 58.2 cm³/mol. The minimum Gasteiger partial charge on any atom is -0.348 e. The maximum absolute atomic E-state index is 5.75. The van der Waals surface area contributed by atoms with Crippen molar-refractivity contribution in [3.8, 4) is 0 Å². The summed E-state index contributed by atoms with van der Waals surface area (Å²) in [6, 6.07) is 0. The van der Waals surface area contributed by atoms with E-state index in [0.29, 0.717) is 11.8 Å². The smallest absolute Gasteiger partial charge is 0.223 e. The van der Waals surface area contributed by atoms with Gasteiger partial charge in [-0.3, -0.25) is 0 Å². The molecule has 0 amide bonds. The molecule has 0 atom stereocenters. The van der Waals surface area contributed by atoms with E-state index in [1.807, 2.05) is 13.8 Å². The van der Waals surface area contributed by atoms with Crippen LogP contribution < -0.4 is 5.32 Å². The van der Waals surface area contributed by atoms with Gasteiger partial charge in [0.05, 0.1) is 4.47 Å². The Kier molecular flexibility index (Phi) is 3.50. The molecule has 13 heavy (non-hydrogen) atoms. The van der Waals surface area contributed by atoms with Gasteiger partial charge < -0.3 is 5.32 Å². The number of anilines is 1. The van der Waals surface area contributed by atoms with E-state index in [-0.39, 0.29) is 5.54 Å². The molecule has 0 aromatic carbocycles. The molecular formula is C8H11BrClN3. The molecule has 0 saturated heterocycles. The normalized spacial score (nSPS) is 11.4. The number of halogens is 2. The van der Waals surface area contributed by atoms with Crippen molar-refractivity contribution in [2.24, 2.45) is 0 Å². The van der Waals surface area contributed by atoms with E-state index < -0.39 is 0 Å². The third-order valence-electron chi connectivity index (χ3n) is 1.40. The zero-order valence-corrected chi connectivity index (χ0v) is 9.85. The Balaban J connectivity index is 2.69. The van der Waals surface area contributed by atoms with Gasteiger partial charge in [-0.25, -0.2) is 9.97 Å². The van der Waals surface area contributed by atoms with E-state index in [1.54, 1.807) is 12.4 Å². The second kappa shape index (κ2) is 4.24. The summed E-state index contributed by atoms with van der Waals surface area (Å²) < 4.78 is 0.863. The first-order valence-corrected chi connectivity index (χ1v) is 5.18. The standard InChI is InChI=1S/C8H11BrClN3/c1-8(2,5-10)13-7-11-3-6(9)4-12-7/h3-4H,5H2,1-2H3,(H,11,12,13). The molecule has 1 aromatic heterocycles. The van der Waals surface area contributed by atoms with Crippen molar-refractivity contribution in [2.75, 3.05) is 11.2 Å². The van der Waals surface area contributed by atoms with Crippen LogP contribution >= 0.6 is 27.5 Å². The Labute approximate surface area is 91.1 Å². The molecule has 0 aliphatic rings. The second-order valence-electron chi connectivity index (χ2n) is 3.37. The van der Waals surface area contributed by atoms with E-state index in [9.17, 15) is 0 Å². The fraction of sp³-hybridized carbons (Fsp3) is 0.500. The highest BCUT2D eigenvalue weighted by atomic mass is 79.9. The molecule has 0 fully saturated rings. The molecule has 72 valence electrons.